The molecule has 130 valence electrons. The normalized spacial score (nSPS) is 30.2. The molecule has 1 aromatic carbocycles. The van der Waals surface area contributed by atoms with Crippen LogP contribution in [-0.4, -0.2) is 29.6 Å². The molecule has 6 heteroatoms. The highest BCUT2D eigenvalue weighted by atomic mass is 32.2. The topological polar surface area (TPSA) is 91.7 Å². The molecule has 3 rings (SSSR count). The summed E-state index contributed by atoms with van der Waals surface area (Å²) in [6.45, 7) is 3.80. The zero-order valence-electron chi connectivity index (χ0n) is 13.8. The van der Waals surface area contributed by atoms with Crippen molar-refractivity contribution in [3.05, 3.63) is 41.0 Å². The molecule has 2 bridgehead atoms. The molecular weight excluding hydrogens is 328 g/mol. The molecule has 2 atom stereocenters. The van der Waals surface area contributed by atoms with Crippen LogP contribution in [-0.2, 0) is 21.5 Å². The fourth-order valence-electron chi connectivity index (χ4n) is 4.49. The van der Waals surface area contributed by atoms with E-state index >= 15 is 0 Å². The summed E-state index contributed by atoms with van der Waals surface area (Å²) in [7, 11) is -4.24. The quantitative estimate of drug-likeness (QED) is 0.643. The Morgan fingerprint density at radius 1 is 1.25 bits per heavy atom. The molecule has 0 radical (unpaired) electrons. The number of allylic oxidation sites excluding steroid dienone is 1. The lowest BCUT2D eigenvalue weighted by Crippen LogP contribution is -2.42. The average Bonchev–Trinajstić information content (AvgIpc) is 2.81. The molecule has 0 heterocycles. The smallest absolute Gasteiger partial charge is 0.265 e. The van der Waals surface area contributed by atoms with Crippen molar-refractivity contribution in [3.8, 4) is 0 Å². The fraction of sp³-hybridized carbons (Fsp3) is 0.500. The summed E-state index contributed by atoms with van der Waals surface area (Å²) in [4.78, 5) is 13.0. The first-order valence-electron chi connectivity index (χ1n) is 8.02. The standard InChI is InChI=1S/C18H22O5S/c1-17(2)15-7-8-18(17,11-24(21,22)23)16(20)14(15)9-12-3-5-13(10-19)6-4-12/h3-6,9,15,19H,7-8,10-11H2,1-2H3,(H,21,22,23)/b14-9+. The van der Waals surface area contributed by atoms with E-state index in [-0.39, 0.29) is 18.3 Å². The molecule has 0 spiro atoms. The van der Waals surface area contributed by atoms with E-state index in [0.717, 1.165) is 17.5 Å². The molecule has 2 unspecified atom stereocenters. The number of hydrogen-bond donors (Lipinski definition) is 2. The van der Waals surface area contributed by atoms with E-state index in [0.29, 0.717) is 12.0 Å². The Morgan fingerprint density at radius 3 is 2.42 bits per heavy atom. The van der Waals surface area contributed by atoms with E-state index < -0.39 is 26.7 Å². The van der Waals surface area contributed by atoms with E-state index in [2.05, 4.69) is 0 Å². The summed E-state index contributed by atoms with van der Waals surface area (Å²) in [5.41, 5.74) is 0.742. The molecule has 0 saturated heterocycles. The molecule has 2 fully saturated rings. The van der Waals surface area contributed by atoms with Crippen LogP contribution in [0.1, 0.15) is 37.8 Å². The number of aliphatic hydroxyl groups excluding tert-OH is 1. The van der Waals surface area contributed by atoms with Crippen LogP contribution in [0, 0.1) is 16.7 Å². The zero-order valence-corrected chi connectivity index (χ0v) is 14.6. The van der Waals surface area contributed by atoms with Gasteiger partial charge in [-0.3, -0.25) is 9.35 Å². The van der Waals surface area contributed by atoms with Gasteiger partial charge in [0.05, 0.1) is 17.8 Å². The Labute approximate surface area is 142 Å². The van der Waals surface area contributed by atoms with Gasteiger partial charge in [0.1, 0.15) is 0 Å². The van der Waals surface area contributed by atoms with E-state index in [1.807, 2.05) is 32.1 Å². The maximum Gasteiger partial charge on any atom is 0.265 e. The highest BCUT2D eigenvalue weighted by molar-refractivity contribution is 7.85. The number of ketones is 1. The number of aliphatic hydroxyl groups is 1. The monoisotopic (exact) mass is 350 g/mol. The summed E-state index contributed by atoms with van der Waals surface area (Å²) in [6, 6.07) is 7.26. The van der Waals surface area contributed by atoms with Crippen LogP contribution >= 0.6 is 0 Å². The minimum absolute atomic E-state index is 0.00994. The van der Waals surface area contributed by atoms with Crippen LogP contribution in [0.3, 0.4) is 0 Å². The van der Waals surface area contributed by atoms with Gasteiger partial charge in [-0.15, -0.1) is 0 Å². The number of carbonyl (C=O) groups excluding carboxylic acids is 1. The van der Waals surface area contributed by atoms with Crippen LogP contribution in [0.15, 0.2) is 29.8 Å². The lowest BCUT2D eigenvalue weighted by molar-refractivity contribution is -0.125. The molecule has 2 saturated carbocycles. The third kappa shape index (κ3) is 2.53. The van der Waals surface area contributed by atoms with Crippen molar-refractivity contribution in [2.45, 2.75) is 33.3 Å². The SMILES string of the molecule is CC1(C)C2CCC1(CS(=O)(=O)O)C(=O)/C2=C/c1ccc(CO)cc1. The lowest BCUT2D eigenvalue weighted by Gasteiger charge is -2.34. The Morgan fingerprint density at radius 2 is 1.88 bits per heavy atom. The van der Waals surface area contributed by atoms with Crippen molar-refractivity contribution in [2.75, 3.05) is 5.75 Å². The first-order valence-corrected chi connectivity index (χ1v) is 9.63. The zero-order chi connectivity index (χ0) is 17.8. The van der Waals surface area contributed by atoms with E-state index in [9.17, 15) is 17.8 Å². The maximum absolute atomic E-state index is 13.0. The number of Topliss-reactive ketones (excluding diaryl/α,β-unsaturated/α-hetero) is 1. The van der Waals surface area contributed by atoms with Gasteiger partial charge in [-0.05, 0) is 41.4 Å². The molecule has 1 aromatic rings. The first-order chi connectivity index (χ1) is 11.1. The molecule has 0 aromatic heterocycles. The van der Waals surface area contributed by atoms with Gasteiger partial charge in [0.25, 0.3) is 10.1 Å². The van der Waals surface area contributed by atoms with Gasteiger partial charge < -0.3 is 5.11 Å². The highest BCUT2D eigenvalue weighted by Gasteiger charge is 2.67. The molecule has 2 aliphatic carbocycles. The Balaban J connectivity index is 2.03. The minimum Gasteiger partial charge on any atom is -0.392 e. The summed E-state index contributed by atoms with van der Waals surface area (Å²) in [6.07, 6.45) is 3.06. The van der Waals surface area contributed by atoms with Crippen LogP contribution in [0.2, 0.25) is 0 Å². The number of rotatable bonds is 4. The largest absolute Gasteiger partial charge is 0.392 e. The van der Waals surface area contributed by atoms with Crippen LogP contribution < -0.4 is 0 Å². The predicted octanol–water partition coefficient (Wildman–Crippen LogP) is 2.46. The Kier molecular flexibility index (Phi) is 3.98. The van der Waals surface area contributed by atoms with Crippen molar-refractivity contribution in [2.24, 2.45) is 16.7 Å². The van der Waals surface area contributed by atoms with Gasteiger partial charge in [0, 0.05) is 5.57 Å². The van der Waals surface area contributed by atoms with E-state index in [1.165, 1.54) is 0 Å². The number of benzene rings is 1. The van der Waals surface area contributed by atoms with Gasteiger partial charge in [0.15, 0.2) is 5.78 Å². The van der Waals surface area contributed by atoms with Gasteiger partial charge in [-0.1, -0.05) is 38.1 Å². The van der Waals surface area contributed by atoms with E-state index in [4.69, 9.17) is 5.11 Å². The van der Waals surface area contributed by atoms with Crippen LogP contribution in [0.25, 0.3) is 6.08 Å². The summed E-state index contributed by atoms with van der Waals surface area (Å²) < 4.78 is 32.4. The molecule has 2 aliphatic rings. The second-order valence-electron chi connectivity index (χ2n) is 7.45. The predicted molar refractivity (Wildman–Crippen MR) is 90.7 cm³/mol. The lowest BCUT2D eigenvalue weighted by atomic mass is 9.70. The Bertz CT molecular complexity index is 804. The van der Waals surface area contributed by atoms with Crippen molar-refractivity contribution in [3.63, 3.8) is 0 Å². The Hall–Kier alpha value is -1.50. The summed E-state index contributed by atoms with van der Waals surface area (Å²) in [5.74, 6) is -0.680. The molecular formula is C18H22O5S. The van der Waals surface area contributed by atoms with Crippen molar-refractivity contribution in [1.82, 2.24) is 0 Å². The highest BCUT2D eigenvalue weighted by Crippen LogP contribution is 2.66. The summed E-state index contributed by atoms with van der Waals surface area (Å²) in [5, 5.41) is 9.10. The van der Waals surface area contributed by atoms with Crippen molar-refractivity contribution >= 4 is 22.0 Å². The van der Waals surface area contributed by atoms with Crippen LogP contribution in [0.5, 0.6) is 0 Å². The molecule has 24 heavy (non-hydrogen) atoms. The fourth-order valence-corrected chi connectivity index (χ4v) is 5.76. The maximum atomic E-state index is 13.0. The molecule has 5 nitrogen and oxygen atoms in total. The van der Waals surface area contributed by atoms with Crippen LogP contribution in [0.4, 0.5) is 0 Å². The van der Waals surface area contributed by atoms with Gasteiger partial charge in [0.2, 0.25) is 0 Å². The van der Waals surface area contributed by atoms with Gasteiger partial charge in [-0.25, -0.2) is 0 Å². The van der Waals surface area contributed by atoms with Gasteiger partial charge >= 0.3 is 0 Å². The number of hydrogen-bond acceptors (Lipinski definition) is 4. The van der Waals surface area contributed by atoms with Crippen molar-refractivity contribution in [1.29, 1.82) is 0 Å². The third-order valence-corrected chi connectivity index (χ3v) is 6.81. The number of fused-ring (bicyclic) bond motifs is 2. The third-order valence-electron chi connectivity index (χ3n) is 5.95. The average molecular weight is 350 g/mol. The first kappa shape index (κ1) is 17.3. The molecule has 2 N–H and O–H groups in total. The van der Waals surface area contributed by atoms with E-state index in [1.54, 1.807) is 12.1 Å². The summed E-state index contributed by atoms with van der Waals surface area (Å²) >= 11 is 0. The van der Waals surface area contributed by atoms with Gasteiger partial charge in [-0.2, -0.15) is 8.42 Å². The second-order valence-corrected chi connectivity index (χ2v) is 8.90. The second kappa shape index (κ2) is 5.51. The van der Waals surface area contributed by atoms with Crippen molar-refractivity contribution < 1.29 is 22.9 Å². The minimum atomic E-state index is -4.24. The molecule has 0 aliphatic heterocycles. The molecule has 0 amide bonds. The number of carbonyl (C=O) groups is 1.